The van der Waals surface area contributed by atoms with Gasteiger partial charge in [0.25, 0.3) is 0 Å². The predicted molar refractivity (Wildman–Crippen MR) is 138 cm³/mol. The monoisotopic (exact) mass is 507 g/mol. The van der Waals surface area contributed by atoms with Crippen LogP contribution in [0.4, 0.5) is 20.3 Å². The van der Waals surface area contributed by atoms with E-state index in [1.807, 2.05) is 0 Å². The summed E-state index contributed by atoms with van der Waals surface area (Å²) in [6, 6.07) is 5.17. The SMILES string of the molecule is Nc1cccc(F)c1-c1ncc2c(N3C[C@H]4CC[C@@H](C3)N4)nc(OCC34CCCN3CCC4)nc2c1F. The summed E-state index contributed by atoms with van der Waals surface area (Å²) >= 11 is 0. The summed E-state index contributed by atoms with van der Waals surface area (Å²) in [6.07, 6.45) is 8.24. The van der Waals surface area contributed by atoms with Crippen LogP contribution in [0.2, 0.25) is 0 Å². The molecule has 4 aliphatic heterocycles. The van der Waals surface area contributed by atoms with E-state index < -0.39 is 11.6 Å². The van der Waals surface area contributed by atoms with Crippen LogP contribution in [0, 0.1) is 11.6 Å². The Labute approximate surface area is 214 Å². The van der Waals surface area contributed by atoms with Gasteiger partial charge >= 0.3 is 6.01 Å². The molecule has 7 rings (SSSR count). The van der Waals surface area contributed by atoms with Gasteiger partial charge < -0.3 is 20.7 Å². The number of piperazine rings is 1. The summed E-state index contributed by atoms with van der Waals surface area (Å²) in [5.74, 6) is -0.732. The maximum atomic E-state index is 16.1. The number of benzene rings is 1. The van der Waals surface area contributed by atoms with Crippen LogP contribution in [-0.4, -0.2) is 70.3 Å². The van der Waals surface area contributed by atoms with Crippen molar-refractivity contribution in [1.29, 1.82) is 0 Å². The molecule has 2 bridgehead atoms. The molecule has 0 saturated carbocycles. The first-order valence-corrected chi connectivity index (χ1v) is 13.3. The van der Waals surface area contributed by atoms with Gasteiger partial charge in [-0.3, -0.25) is 9.88 Å². The summed E-state index contributed by atoms with van der Waals surface area (Å²) in [6.45, 7) is 4.19. The van der Waals surface area contributed by atoms with E-state index in [9.17, 15) is 4.39 Å². The number of ether oxygens (including phenoxy) is 1. The fourth-order valence-electron chi connectivity index (χ4n) is 6.92. The van der Waals surface area contributed by atoms with E-state index >= 15 is 4.39 Å². The molecule has 3 aromatic rings. The standard InChI is InChI=1S/C27H31F2N7O/c28-19-4-1-5-20(30)21(19)24-22(29)23-18(12-31-24)25(35-13-16-6-7-17(14-35)32-16)34-26(33-23)37-15-27-8-2-10-36(27)11-3-9-27/h1,4-5,12,16-17,32H,2-3,6-11,13-15,30H2/t16-,17+. The Morgan fingerprint density at radius 3 is 2.57 bits per heavy atom. The number of anilines is 2. The van der Waals surface area contributed by atoms with Crippen LogP contribution in [0.5, 0.6) is 6.01 Å². The minimum atomic E-state index is -0.720. The van der Waals surface area contributed by atoms with E-state index in [1.54, 1.807) is 0 Å². The second-order valence-electron chi connectivity index (χ2n) is 11.0. The van der Waals surface area contributed by atoms with Gasteiger partial charge in [-0.2, -0.15) is 9.97 Å². The number of nitrogens with two attached hydrogens (primary N) is 1. The molecule has 0 amide bonds. The first kappa shape index (κ1) is 23.0. The fourth-order valence-corrected chi connectivity index (χ4v) is 6.92. The normalized spacial score (nSPS) is 24.6. The minimum absolute atomic E-state index is 0.0101. The molecule has 3 N–H and O–H groups in total. The number of nitrogens with zero attached hydrogens (tertiary/aromatic N) is 5. The molecule has 2 atom stereocenters. The topological polar surface area (TPSA) is 92.4 Å². The molecule has 10 heteroatoms. The number of hydrogen-bond donors (Lipinski definition) is 2. The molecular formula is C27H31F2N7O. The molecule has 4 aliphatic rings. The molecular weight excluding hydrogens is 476 g/mol. The van der Waals surface area contributed by atoms with E-state index in [4.69, 9.17) is 15.5 Å². The van der Waals surface area contributed by atoms with Gasteiger partial charge in [0.15, 0.2) is 5.82 Å². The molecule has 0 radical (unpaired) electrons. The van der Waals surface area contributed by atoms with Gasteiger partial charge in [-0.15, -0.1) is 0 Å². The van der Waals surface area contributed by atoms with Crippen molar-refractivity contribution in [2.24, 2.45) is 0 Å². The van der Waals surface area contributed by atoms with Gasteiger partial charge in [0.2, 0.25) is 0 Å². The van der Waals surface area contributed by atoms with Gasteiger partial charge in [-0.1, -0.05) is 6.07 Å². The average Bonchev–Trinajstić information content (AvgIpc) is 3.57. The fraction of sp³-hybridized carbons (Fsp3) is 0.519. The van der Waals surface area contributed by atoms with E-state index in [2.05, 4.69) is 25.1 Å². The number of fused-ring (bicyclic) bond motifs is 4. The number of hydrogen-bond acceptors (Lipinski definition) is 8. The molecule has 8 nitrogen and oxygen atoms in total. The lowest BCUT2D eigenvalue weighted by atomic mass is 9.95. The van der Waals surface area contributed by atoms with E-state index in [1.165, 1.54) is 24.4 Å². The number of halogens is 2. The second kappa shape index (κ2) is 8.73. The van der Waals surface area contributed by atoms with Gasteiger partial charge in [0.05, 0.1) is 16.5 Å². The summed E-state index contributed by atoms with van der Waals surface area (Å²) in [4.78, 5) is 18.4. The van der Waals surface area contributed by atoms with Crippen molar-refractivity contribution in [1.82, 2.24) is 25.2 Å². The number of nitrogen functional groups attached to an aromatic ring is 1. The highest BCUT2D eigenvalue weighted by Gasteiger charge is 2.45. The lowest BCUT2D eigenvalue weighted by Crippen LogP contribution is -2.51. The Hall–Kier alpha value is -3.11. The number of aromatic nitrogens is 3. The van der Waals surface area contributed by atoms with Crippen molar-refractivity contribution in [3.63, 3.8) is 0 Å². The smallest absolute Gasteiger partial charge is 0.319 e. The number of pyridine rings is 1. The van der Waals surface area contributed by atoms with Crippen molar-refractivity contribution in [2.45, 2.75) is 56.1 Å². The van der Waals surface area contributed by atoms with Crippen LogP contribution >= 0.6 is 0 Å². The van der Waals surface area contributed by atoms with Crippen LogP contribution in [0.1, 0.15) is 38.5 Å². The first-order chi connectivity index (χ1) is 18.0. The number of nitrogens with one attached hydrogen (secondary N) is 1. The highest BCUT2D eigenvalue weighted by Crippen LogP contribution is 2.40. The molecule has 2 aromatic heterocycles. The zero-order valence-electron chi connectivity index (χ0n) is 20.7. The molecule has 0 unspecified atom stereocenters. The van der Waals surface area contributed by atoms with Crippen LogP contribution in [-0.2, 0) is 0 Å². The third kappa shape index (κ3) is 3.80. The Kier molecular flexibility index (Phi) is 5.44. The highest BCUT2D eigenvalue weighted by atomic mass is 19.1. The highest BCUT2D eigenvalue weighted by molar-refractivity contribution is 5.93. The van der Waals surface area contributed by atoms with Gasteiger partial charge in [-0.25, -0.2) is 8.78 Å². The van der Waals surface area contributed by atoms with E-state index in [-0.39, 0.29) is 34.0 Å². The lowest BCUT2D eigenvalue weighted by Gasteiger charge is -2.34. The Balaban J connectivity index is 1.33. The second-order valence-corrected chi connectivity index (χ2v) is 11.0. The quantitative estimate of drug-likeness (QED) is 0.507. The van der Waals surface area contributed by atoms with E-state index in [0.717, 1.165) is 64.7 Å². The molecule has 37 heavy (non-hydrogen) atoms. The Bertz CT molecular complexity index is 1330. The predicted octanol–water partition coefficient (Wildman–Crippen LogP) is 3.50. The third-order valence-electron chi connectivity index (χ3n) is 8.72. The lowest BCUT2D eigenvalue weighted by molar-refractivity contribution is 0.108. The first-order valence-electron chi connectivity index (χ1n) is 13.3. The molecule has 6 heterocycles. The largest absolute Gasteiger partial charge is 0.461 e. The van der Waals surface area contributed by atoms with Gasteiger partial charge in [-0.05, 0) is 63.7 Å². The maximum Gasteiger partial charge on any atom is 0.319 e. The van der Waals surface area contributed by atoms with Crippen LogP contribution in [0.15, 0.2) is 24.4 Å². The minimum Gasteiger partial charge on any atom is -0.461 e. The van der Waals surface area contributed by atoms with Crippen LogP contribution in [0.3, 0.4) is 0 Å². The van der Waals surface area contributed by atoms with Crippen LogP contribution < -0.4 is 20.7 Å². The molecule has 1 aromatic carbocycles. The van der Waals surface area contributed by atoms with Crippen molar-refractivity contribution in [3.05, 3.63) is 36.0 Å². The summed E-state index contributed by atoms with van der Waals surface area (Å²) in [5.41, 5.74) is 6.01. The summed E-state index contributed by atoms with van der Waals surface area (Å²) < 4.78 is 37.1. The molecule has 194 valence electrons. The van der Waals surface area contributed by atoms with Crippen molar-refractivity contribution < 1.29 is 13.5 Å². The van der Waals surface area contributed by atoms with Crippen molar-refractivity contribution in [2.75, 3.05) is 43.4 Å². The zero-order chi connectivity index (χ0) is 25.1. The van der Waals surface area contributed by atoms with Gasteiger partial charge in [0.1, 0.15) is 29.5 Å². The maximum absolute atomic E-state index is 16.1. The Morgan fingerprint density at radius 2 is 1.84 bits per heavy atom. The van der Waals surface area contributed by atoms with Crippen molar-refractivity contribution in [3.8, 4) is 17.3 Å². The summed E-state index contributed by atoms with van der Waals surface area (Å²) in [7, 11) is 0. The third-order valence-corrected chi connectivity index (χ3v) is 8.72. The Morgan fingerprint density at radius 1 is 1.08 bits per heavy atom. The molecule has 4 saturated heterocycles. The molecule has 0 spiro atoms. The average molecular weight is 508 g/mol. The van der Waals surface area contributed by atoms with Gasteiger partial charge in [0, 0.05) is 37.1 Å². The molecule has 4 fully saturated rings. The van der Waals surface area contributed by atoms with Crippen molar-refractivity contribution >= 4 is 22.4 Å². The zero-order valence-corrected chi connectivity index (χ0v) is 20.7. The summed E-state index contributed by atoms with van der Waals surface area (Å²) in [5, 5.41) is 4.12. The van der Waals surface area contributed by atoms with Crippen LogP contribution in [0.25, 0.3) is 22.2 Å². The molecule has 0 aliphatic carbocycles. The number of rotatable bonds is 5. The van der Waals surface area contributed by atoms with E-state index in [0.29, 0.717) is 29.9 Å².